The van der Waals surface area contributed by atoms with E-state index in [1.54, 1.807) is 7.11 Å². The summed E-state index contributed by atoms with van der Waals surface area (Å²) in [5.74, 6) is -0.568. The Kier molecular flexibility index (Phi) is 2.39. The molecule has 92 valence electrons. The first-order valence-corrected chi connectivity index (χ1v) is 6.84. The van der Waals surface area contributed by atoms with Crippen molar-refractivity contribution in [3.63, 3.8) is 0 Å². The summed E-state index contributed by atoms with van der Waals surface area (Å²) >= 11 is 7.20. The number of alkyl halides is 2. The van der Waals surface area contributed by atoms with Gasteiger partial charge in [0.25, 0.3) is 0 Å². The lowest BCUT2D eigenvalue weighted by Crippen LogP contribution is -2.35. The largest absolute Gasteiger partial charge is 0.353 e. The molecule has 0 aromatic carbocycles. The minimum absolute atomic E-state index is 0.0915. The predicted octanol–water partition coefficient (Wildman–Crippen LogP) is 2.14. The molecule has 3 aliphatic rings. The predicted molar refractivity (Wildman–Crippen MR) is 63.6 cm³/mol. The van der Waals surface area contributed by atoms with Crippen LogP contribution in [0.2, 0.25) is 0 Å². The van der Waals surface area contributed by atoms with Gasteiger partial charge in [-0.3, -0.25) is 0 Å². The van der Waals surface area contributed by atoms with Crippen LogP contribution in [0.15, 0.2) is 0 Å². The van der Waals surface area contributed by atoms with Crippen LogP contribution in [-0.2, 0) is 18.9 Å². The summed E-state index contributed by atoms with van der Waals surface area (Å²) in [4.78, 5) is 0. The van der Waals surface area contributed by atoms with E-state index in [9.17, 15) is 0 Å². The van der Waals surface area contributed by atoms with Crippen LogP contribution in [0.3, 0.4) is 0 Å². The molecule has 0 aromatic heterocycles. The Labute approximate surface area is 111 Å². The van der Waals surface area contributed by atoms with Crippen molar-refractivity contribution in [3.05, 3.63) is 0 Å². The number of hydrogen-bond donors (Lipinski definition) is 0. The Morgan fingerprint density at radius 2 is 1.81 bits per heavy atom. The lowest BCUT2D eigenvalue weighted by molar-refractivity contribution is -0.232. The standard InChI is InChI=1S/C10H14Br2O4/c1-8(2)14-5-6(15-8)9(4-10(9,11)12)16-7(5)13-3/h5-7H,4H2,1-3H3/t5-,6?,7?,9-/m0/s1. The Morgan fingerprint density at radius 1 is 1.19 bits per heavy atom. The molecule has 4 nitrogen and oxygen atoms in total. The third kappa shape index (κ3) is 1.40. The van der Waals surface area contributed by atoms with Gasteiger partial charge in [-0.15, -0.1) is 0 Å². The maximum absolute atomic E-state index is 5.93. The molecule has 2 saturated heterocycles. The van der Waals surface area contributed by atoms with Crippen LogP contribution < -0.4 is 0 Å². The zero-order valence-corrected chi connectivity index (χ0v) is 12.5. The van der Waals surface area contributed by atoms with Gasteiger partial charge in [0.1, 0.15) is 21.0 Å². The van der Waals surface area contributed by atoms with Gasteiger partial charge in [-0.05, 0) is 13.8 Å². The van der Waals surface area contributed by atoms with E-state index in [-0.39, 0.29) is 27.3 Å². The first-order valence-electron chi connectivity index (χ1n) is 5.25. The Morgan fingerprint density at radius 3 is 2.31 bits per heavy atom. The fourth-order valence-corrected chi connectivity index (χ4v) is 4.07. The highest BCUT2D eigenvalue weighted by atomic mass is 79.9. The zero-order valence-electron chi connectivity index (χ0n) is 9.33. The molecule has 1 aliphatic carbocycles. The Bertz CT molecular complexity index is 333. The molecule has 2 unspecified atom stereocenters. The van der Waals surface area contributed by atoms with E-state index >= 15 is 0 Å². The molecule has 0 bridgehead atoms. The second-order valence-electron chi connectivity index (χ2n) is 5.01. The average Bonchev–Trinajstić information content (AvgIpc) is 2.45. The maximum Gasteiger partial charge on any atom is 0.187 e. The molecule has 4 atom stereocenters. The van der Waals surface area contributed by atoms with E-state index in [4.69, 9.17) is 18.9 Å². The quantitative estimate of drug-likeness (QED) is 0.674. The molecular formula is C10H14Br2O4. The second-order valence-corrected chi connectivity index (χ2v) is 8.79. The van der Waals surface area contributed by atoms with Crippen LogP contribution >= 0.6 is 31.9 Å². The number of rotatable bonds is 1. The smallest absolute Gasteiger partial charge is 0.187 e. The summed E-state index contributed by atoms with van der Waals surface area (Å²) in [6.45, 7) is 3.83. The highest BCUT2D eigenvalue weighted by Crippen LogP contribution is 2.69. The van der Waals surface area contributed by atoms with Crippen molar-refractivity contribution < 1.29 is 18.9 Å². The lowest BCUT2D eigenvalue weighted by atomic mass is 10.1. The summed E-state index contributed by atoms with van der Waals surface area (Å²) in [5.41, 5.74) is -0.369. The Hall–Kier alpha value is 0.800. The van der Waals surface area contributed by atoms with Crippen molar-refractivity contribution >= 4 is 31.9 Å². The van der Waals surface area contributed by atoms with Gasteiger partial charge in [-0.2, -0.15) is 0 Å². The summed E-state index contributed by atoms with van der Waals surface area (Å²) < 4.78 is 22.8. The normalized spacial score (nSPS) is 51.9. The van der Waals surface area contributed by atoms with Crippen molar-refractivity contribution in [2.45, 2.75) is 53.4 Å². The SMILES string of the molecule is COC1O[C@@]2(CC2(Br)Br)C2OC(C)(C)O[C@H]12. The first-order chi connectivity index (χ1) is 7.31. The van der Waals surface area contributed by atoms with E-state index in [0.717, 1.165) is 6.42 Å². The number of hydrogen-bond acceptors (Lipinski definition) is 4. The van der Waals surface area contributed by atoms with E-state index in [1.807, 2.05) is 13.8 Å². The highest BCUT2D eigenvalue weighted by molar-refractivity contribution is 9.25. The number of halogens is 2. The van der Waals surface area contributed by atoms with Crippen LogP contribution in [-0.4, -0.2) is 40.2 Å². The van der Waals surface area contributed by atoms with Gasteiger partial charge in [0.2, 0.25) is 0 Å². The van der Waals surface area contributed by atoms with Crippen molar-refractivity contribution in [1.82, 2.24) is 0 Å². The highest BCUT2D eigenvalue weighted by Gasteiger charge is 2.80. The Balaban J connectivity index is 1.91. The lowest BCUT2D eigenvalue weighted by Gasteiger charge is -2.24. The van der Waals surface area contributed by atoms with Crippen molar-refractivity contribution in [1.29, 1.82) is 0 Å². The van der Waals surface area contributed by atoms with Gasteiger partial charge in [-0.25, -0.2) is 0 Å². The van der Waals surface area contributed by atoms with Gasteiger partial charge in [0, 0.05) is 13.5 Å². The molecule has 6 heteroatoms. The third-order valence-corrected chi connectivity index (χ3v) is 5.30. The molecular weight excluding hydrogens is 344 g/mol. The summed E-state index contributed by atoms with van der Waals surface area (Å²) in [5, 5.41) is 0. The van der Waals surface area contributed by atoms with E-state index in [2.05, 4.69) is 31.9 Å². The molecule has 2 heterocycles. The molecule has 1 spiro atoms. The fraction of sp³-hybridized carbons (Fsp3) is 1.00. The van der Waals surface area contributed by atoms with Crippen molar-refractivity contribution in [2.24, 2.45) is 0 Å². The second kappa shape index (κ2) is 3.22. The monoisotopic (exact) mass is 356 g/mol. The number of fused-ring (bicyclic) bond motifs is 2. The van der Waals surface area contributed by atoms with Crippen LogP contribution in [0.25, 0.3) is 0 Å². The minimum atomic E-state index is -0.568. The van der Waals surface area contributed by atoms with Crippen LogP contribution in [0, 0.1) is 0 Å². The topological polar surface area (TPSA) is 36.9 Å². The average molecular weight is 358 g/mol. The summed E-state index contributed by atoms with van der Waals surface area (Å²) in [6.07, 6.45) is 0.243. The summed E-state index contributed by atoms with van der Waals surface area (Å²) in [6, 6.07) is 0. The van der Waals surface area contributed by atoms with Gasteiger partial charge < -0.3 is 18.9 Å². The van der Waals surface area contributed by atoms with Crippen LogP contribution in [0.5, 0.6) is 0 Å². The van der Waals surface area contributed by atoms with Gasteiger partial charge >= 0.3 is 0 Å². The van der Waals surface area contributed by atoms with E-state index in [1.165, 1.54) is 0 Å². The molecule has 3 fully saturated rings. The molecule has 1 saturated carbocycles. The van der Waals surface area contributed by atoms with Gasteiger partial charge in [0.15, 0.2) is 12.1 Å². The van der Waals surface area contributed by atoms with E-state index in [0.29, 0.717) is 0 Å². The fourth-order valence-electron chi connectivity index (χ4n) is 2.59. The van der Waals surface area contributed by atoms with Crippen LogP contribution in [0.1, 0.15) is 20.3 Å². The van der Waals surface area contributed by atoms with Crippen molar-refractivity contribution in [2.75, 3.05) is 7.11 Å². The molecule has 0 amide bonds. The zero-order chi connectivity index (χ0) is 11.8. The molecule has 3 rings (SSSR count). The van der Waals surface area contributed by atoms with Crippen molar-refractivity contribution in [3.8, 4) is 0 Å². The van der Waals surface area contributed by atoms with Gasteiger partial charge in [-0.1, -0.05) is 31.9 Å². The summed E-state index contributed by atoms with van der Waals surface area (Å²) in [7, 11) is 1.63. The first kappa shape index (κ1) is 11.9. The van der Waals surface area contributed by atoms with Crippen LogP contribution in [0.4, 0.5) is 0 Å². The molecule has 0 aromatic rings. The number of methoxy groups -OCH3 is 1. The third-order valence-electron chi connectivity index (χ3n) is 3.39. The minimum Gasteiger partial charge on any atom is -0.353 e. The molecule has 0 N–H and O–H groups in total. The maximum atomic E-state index is 5.93. The number of ether oxygens (including phenoxy) is 4. The molecule has 16 heavy (non-hydrogen) atoms. The van der Waals surface area contributed by atoms with E-state index < -0.39 is 5.79 Å². The molecule has 2 aliphatic heterocycles. The molecule has 0 radical (unpaired) electrons. The van der Waals surface area contributed by atoms with Gasteiger partial charge in [0.05, 0.1) is 0 Å².